The molecule has 12 aromatic rings. The molecule has 0 N–H and O–H groups in total. The van der Waals surface area contributed by atoms with Crippen molar-refractivity contribution < 1.29 is 4.42 Å². The van der Waals surface area contributed by atoms with E-state index >= 15 is 0 Å². The Labute approximate surface area is 357 Å². The minimum absolute atomic E-state index is 0.608. The Balaban J connectivity index is 1.04. The van der Waals surface area contributed by atoms with E-state index in [9.17, 15) is 0 Å². The highest BCUT2D eigenvalue weighted by atomic mass is 16.3. The molecule has 12 rings (SSSR count). The summed E-state index contributed by atoms with van der Waals surface area (Å²) < 4.78 is 8.74. The first-order valence-corrected chi connectivity index (χ1v) is 20.9. The van der Waals surface area contributed by atoms with Crippen LogP contribution in [0.25, 0.3) is 117 Å². The number of hydrogen-bond acceptors (Lipinski definition) is 4. The minimum atomic E-state index is 0.608. The van der Waals surface area contributed by atoms with Crippen molar-refractivity contribution in [2.45, 2.75) is 0 Å². The van der Waals surface area contributed by atoms with E-state index in [-0.39, 0.29) is 0 Å². The molecule has 0 saturated carbocycles. The summed E-state index contributed by atoms with van der Waals surface area (Å²) >= 11 is 0. The first-order chi connectivity index (χ1) is 30.7. The molecule has 0 aliphatic rings. The van der Waals surface area contributed by atoms with Crippen molar-refractivity contribution in [2.24, 2.45) is 0 Å². The highest BCUT2D eigenvalue weighted by Crippen LogP contribution is 2.42. The number of rotatable bonds is 7. The third kappa shape index (κ3) is 5.98. The van der Waals surface area contributed by atoms with Gasteiger partial charge in [-0.15, -0.1) is 0 Å². The Morgan fingerprint density at radius 1 is 0.306 bits per heavy atom. The van der Waals surface area contributed by atoms with E-state index in [0.29, 0.717) is 17.5 Å². The van der Waals surface area contributed by atoms with Crippen LogP contribution in [0.3, 0.4) is 0 Å². The number of hydrogen-bond donors (Lipinski definition) is 0. The average molecular weight is 793 g/mol. The molecular formula is C57H36N4O. The van der Waals surface area contributed by atoms with Gasteiger partial charge in [-0.25, -0.2) is 15.0 Å². The summed E-state index contributed by atoms with van der Waals surface area (Å²) in [7, 11) is 0. The maximum absolute atomic E-state index is 6.32. The second-order valence-electron chi connectivity index (χ2n) is 15.5. The smallest absolute Gasteiger partial charge is 0.164 e. The molecule has 0 aliphatic carbocycles. The van der Waals surface area contributed by atoms with E-state index in [2.05, 4.69) is 187 Å². The van der Waals surface area contributed by atoms with Gasteiger partial charge in [0, 0.05) is 43.8 Å². The number of aromatic nitrogens is 4. The second-order valence-corrected chi connectivity index (χ2v) is 15.5. The lowest BCUT2D eigenvalue weighted by Crippen LogP contribution is -2.02. The first-order valence-electron chi connectivity index (χ1n) is 20.9. The largest absolute Gasteiger partial charge is 0.456 e. The third-order valence-corrected chi connectivity index (χ3v) is 11.9. The van der Waals surface area contributed by atoms with Crippen LogP contribution in [0.15, 0.2) is 223 Å². The highest BCUT2D eigenvalue weighted by Gasteiger charge is 2.21. The van der Waals surface area contributed by atoms with Gasteiger partial charge in [-0.3, -0.25) is 0 Å². The number of nitrogens with zero attached hydrogens (tertiary/aromatic N) is 4. The monoisotopic (exact) mass is 792 g/mol. The molecule has 3 heterocycles. The molecule has 0 spiro atoms. The fourth-order valence-corrected chi connectivity index (χ4v) is 9.01. The fourth-order valence-electron chi connectivity index (χ4n) is 9.01. The van der Waals surface area contributed by atoms with Crippen molar-refractivity contribution in [1.82, 2.24) is 19.5 Å². The Morgan fingerprint density at radius 2 is 0.823 bits per heavy atom. The van der Waals surface area contributed by atoms with Crippen LogP contribution < -0.4 is 0 Å². The summed E-state index contributed by atoms with van der Waals surface area (Å²) in [5.41, 5.74) is 14.5. The zero-order valence-corrected chi connectivity index (χ0v) is 33.5. The molecule has 290 valence electrons. The summed E-state index contributed by atoms with van der Waals surface area (Å²) in [6.07, 6.45) is 0. The van der Waals surface area contributed by atoms with Crippen molar-refractivity contribution >= 4 is 43.7 Å². The topological polar surface area (TPSA) is 56.7 Å². The van der Waals surface area contributed by atoms with E-state index in [0.717, 1.165) is 88.7 Å². The maximum atomic E-state index is 6.32. The summed E-state index contributed by atoms with van der Waals surface area (Å²) in [6.45, 7) is 0. The highest BCUT2D eigenvalue weighted by molar-refractivity contribution is 6.15. The molecular weight excluding hydrogens is 757 g/mol. The summed E-state index contributed by atoms with van der Waals surface area (Å²) in [5.74, 6) is 1.85. The lowest BCUT2D eigenvalue weighted by atomic mass is 9.97. The van der Waals surface area contributed by atoms with E-state index in [1.807, 2.05) is 36.4 Å². The summed E-state index contributed by atoms with van der Waals surface area (Å²) in [5, 5.41) is 4.61. The molecule has 62 heavy (non-hydrogen) atoms. The van der Waals surface area contributed by atoms with E-state index in [1.54, 1.807) is 0 Å². The molecule has 0 radical (unpaired) electrons. The number of furan rings is 1. The summed E-state index contributed by atoms with van der Waals surface area (Å²) in [6, 6.07) is 76.3. The molecule has 5 heteroatoms. The Hall–Kier alpha value is -8.41. The molecule has 3 aromatic heterocycles. The number of benzene rings is 9. The van der Waals surface area contributed by atoms with Crippen molar-refractivity contribution in [1.29, 1.82) is 0 Å². The lowest BCUT2D eigenvalue weighted by molar-refractivity contribution is 0.669. The predicted octanol–water partition coefficient (Wildman–Crippen LogP) is 14.9. The third-order valence-electron chi connectivity index (χ3n) is 11.9. The van der Waals surface area contributed by atoms with Crippen LogP contribution in [0.4, 0.5) is 0 Å². The molecule has 0 fully saturated rings. The van der Waals surface area contributed by atoms with Crippen molar-refractivity contribution in [3.8, 4) is 73.2 Å². The Morgan fingerprint density at radius 3 is 1.61 bits per heavy atom. The number of fused-ring (bicyclic) bond motifs is 6. The van der Waals surface area contributed by atoms with Gasteiger partial charge in [0.15, 0.2) is 17.5 Å². The van der Waals surface area contributed by atoms with Gasteiger partial charge in [0.1, 0.15) is 11.2 Å². The molecule has 0 aliphatic heterocycles. The van der Waals surface area contributed by atoms with Gasteiger partial charge in [-0.2, -0.15) is 0 Å². The Bertz CT molecular complexity index is 3630. The van der Waals surface area contributed by atoms with Crippen molar-refractivity contribution in [2.75, 3.05) is 0 Å². The van der Waals surface area contributed by atoms with Gasteiger partial charge in [0.25, 0.3) is 0 Å². The lowest BCUT2D eigenvalue weighted by Gasteiger charge is -2.17. The molecule has 0 bridgehead atoms. The van der Waals surface area contributed by atoms with Crippen LogP contribution in [-0.2, 0) is 0 Å². The quantitative estimate of drug-likeness (QED) is 0.161. The van der Waals surface area contributed by atoms with Gasteiger partial charge in [-0.1, -0.05) is 188 Å². The first kappa shape index (κ1) is 35.5. The number of para-hydroxylation sites is 3. The van der Waals surface area contributed by atoms with Crippen LogP contribution in [0.5, 0.6) is 0 Å². The molecule has 0 saturated heterocycles. The van der Waals surface area contributed by atoms with E-state index in [1.165, 1.54) is 10.8 Å². The van der Waals surface area contributed by atoms with Crippen LogP contribution in [0.1, 0.15) is 0 Å². The van der Waals surface area contributed by atoms with Gasteiger partial charge >= 0.3 is 0 Å². The van der Waals surface area contributed by atoms with Gasteiger partial charge in [-0.05, 0) is 58.1 Å². The molecule has 5 nitrogen and oxygen atoms in total. The van der Waals surface area contributed by atoms with Crippen LogP contribution >= 0.6 is 0 Å². The van der Waals surface area contributed by atoms with Gasteiger partial charge in [0.05, 0.1) is 16.7 Å². The van der Waals surface area contributed by atoms with E-state index < -0.39 is 0 Å². The molecule has 0 atom stereocenters. The molecule has 0 amide bonds. The summed E-state index contributed by atoms with van der Waals surface area (Å²) in [4.78, 5) is 15.5. The predicted molar refractivity (Wildman–Crippen MR) is 254 cm³/mol. The van der Waals surface area contributed by atoms with Crippen molar-refractivity contribution in [3.63, 3.8) is 0 Å². The second kappa shape index (κ2) is 14.7. The van der Waals surface area contributed by atoms with Crippen molar-refractivity contribution in [3.05, 3.63) is 218 Å². The van der Waals surface area contributed by atoms with Crippen LogP contribution in [0, 0.1) is 0 Å². The van der Waals surface area contributed by atoms with E-state index in [4.69, 9.17) is 19.4 Å². The standard InChI is InChI=1S/C57H36N4O/c1-3-16-37(17-4-1)38-30-32-40(33-31-38)56-58-55(39-18-5-2-6-19-39)59-57(60-56)47-23-8-7-20-43(47)44-21-9-12-26-49(44)61-50-27-13-10-22-45(50)46-35-34-41(36-51(46)61)42-25-15-29-53-54(42)48-24-11-14-28-52(48)62-53/h1-36H. The normalized spacial score (nSPS) is 11.5. The van der Waals surface area contributed by atoms with Crippen LogP contribution in [0.2, 0.25) is 0 Å². The minimum Gasteiger partial charge on any atom is -0.456 e. The Kier molecular flexibility index (Phi) is 8.42. The fraction of sp³-hybridized carbons (Fsp3) is 0. The zero-order valence-electron chi connectivity index (χ0n) is 33.5. The molecule has 0 unspecified atom stereocenters. The molecule has 9 aromatic carbocycles. The maximum Gasteiger partial charge on any atom is 0.164 e. The van der Waals surface area contributed by atoms with Gasteiger partial charge in [0.2, 0.25) is 0 Å². The zero-order chi connectivity index (χ0) is 41.0. The van der Waals surface area contributed by atoms with Crippen LogP contribution in [-0.4, -0.2) is 19.5 Å². The van der Waals surface area contributed by atoms with Gasteiger partial charge < -0.3 is 8.98 Å². The average Bonchev–Trinajstić information content (AvgIpc) is 3.90. The SMILES string of the molecule is c1ccc(-c2ccc(-c3nc(-c4ccccc4)nc(-c4ccccc4-c4ccccc4-n4c5ccccc5c5ccc(-c6cccc7oc8ccccc8c67)cc54)n3)cc2)cc1.